The Labute approximate surface area is 107 Å². The standard InChI is InChI=1S/C15H16N2O/c1-12-4-6-13(7-5-12)10-14(11-16)15(18)17-8-2-3-9-17/h4-7,10H,2-3,8-9H2,1H3/b14-10-. The SMILES string of the molecule is Cc1ccc(/C=C(/C#N)C(=O)N2CCCC2)cc1. The van der Waals surface area contributed by atoms with Gasteiger partial charge >= 0.3 is 0 Å². The van der Waals surface area contributed by atoms with E-state index >= 15 is 0 Å². The van der Waals surface area contributed by atoms with Crippen molar-refractivity contribution in [2.75, 3.05) is 13.1 Å². The van der Waals surface area contributed by atoms with Crippen LogP contribution in [0.2, 0.25) is 0 Å². The molecule has 1 aliphatic rings. The van der Waals surface area contributed by atoms with Crippen LogP contribution in [0.15, 0.2) is 29.8 Å². The van der Waals surface area contributed by atoms with Crippen molar-refractivity contribution in [2.24, 2.45) is 0 Å². The van der Waals surface area contributed by atoms with Gasteiger partial charge < -0.3 is 4.90 Å². The Morgan fingerprint density at radius 1 is 1.28 bits per heavy atom. The lowest BCUT2D eigenvalue weighted by Crippen LogP contribution is -2.28. The number of nitriles is 1. The van der Waals surface area contributed by atoms with Crippen LogP contribution < -0.4 is 0 Å². The van der Waals surface area contributed by atoms with Crippen molar-refractivity contribution < 1.29 is 4.79 Å². The number of likely N-dealkylation sites (tertiary alicyclic amines) is 1. The Kier molecular flexibility index (Phi) is 3.78. The number of hydrogen-bond acceptors (Lipinski definition) is 2. The molecule has 1 saturated heterocycles. The second-order valence-corrected chi connectivity index (χ2v) is 4.58. The van der Waals surface area contributed by atoms with E-state index in [0.29, 0.717) is 0 Å². The number of aryl methyl sites for hydroxylation is 1. The van der Waals surface area contributed by atoms with Gasteiger partial charge in [-0.25, -0.2) is 0 Å². The fourth-order valence-corrected chi connectivity index (χ4v) is 2.06. The van der Waals surface area contributed by atoms with Crippen molar-refractivity contribution in [2.45, 2.75) is 19.8 Å². The van der Waals surface area contributed by atoms with Gasteiger partial charge in [0.2, 0.25) is 0 Å². The zero-order valence-corrected chi connectivity index (χ0v) is 10.5. The molecule has 0 atom stereocenters. The Hall–Kier alpha value is -2.08. The first kappa shape index (κ1) is 12.4. The van der Waals surface area contributed by atoms with Gasteiger partial charge in [-0.1, -0.05) is 29.8 Å². The van der Waals surface area contributed by atoms with Crippen LogP contribution in [0, 0.1) is 18.3 Å². The molecule has 1 aliphatic heterocycles. The smallest absolute Gasteiger partial charge is 0.264 e. The zero-order valence-electron chi connectivity index (χ0n) is 10.5. The van der Waals surface area contributed by atoms with E-state index in [9.17, 15) is 4.79 Å². The molecule has 3 heteroatoms. The second-order valence-electron chi connectivity index (χ2n) is 4.58. The fourth-order valence-electron chi connectivity index (χ4n) is 2.06. The molecular weight excluding hydrogens is 224 g/mol. The maximum atomic E-state index is 12.1. The van der Waals surface area contributed by atoms with E-state index in [1.807, 2.05) is 37.3 Å². The van der Waals surface area contributed by atoms with Crippen molar-refractivity contribution in [1.82, 2.24) is 4.90 Å². The molecule has 1 heterocycles. The van der Waals surface area contributed by atoms with Crippen LogP contribution in [0.5, 0.6) is 0 Å². The Morgan fingerprint density at radius 2 is 1.89 bits per heavy atom. The van der Waals surface area contributed by atoms with E-state index in [1.54, 1.807) is 11.0 Å². The molecule has 1 aromatic rings. The summed E-state index contributed by atoms with van der Waals surface area (Å²) < 4.78 is 0. The third-order valence-electron chi connectivity index (χ3n) is 3.13. The van der Waals surface area contributed by atoms with Crippen molar-refractivity contribution >= 4 is 12.0 Å². The summed E-state index contributed by atoms with van der Waals surface area (Å²) in [6.07, 6.45) is 3.74. The van der Waals surface area contributed by atoms with Crippen molar-refractivity contribution in [1.29, 1.82) is 5.26 Å². The maximum absolute atomic E-state index is 12.1. The van der Waals surface area contributed by atoms with Crippen LogP contribution >= 0.6 is 0 Å². The topological polar surface area (TPSA) is 44.1 Å². The van der Waals surface area contributed by atoms with Gasteiger partial charge in [0.05, 0.1) is 0 Å². The van der Waals surface area contributed by atoms with Gasteiger partial charge in [-0.15, -0.1) is 0 Å². The highest BCUT2D eigenvalue weighted by molar-refractivity contribution is 6.01. The predicted molar refractivity (Wildman–Crippen MR) is 70.6 cm³/mol. The minimum Gasteiger partial charge on any atom is -0.338 e. The number of hydrogen-bond donors (Lipinski definition) is 0. The molecule has 1 fully saturated rings. The summed E-state index contributed by atoms with van der Waals surface area (Å²) >= 11 is 0. The predicted octanol–water partition coefficient (Wildman–Crippen LogP) is 2.52. The monoisotopic (exact) mass is 240 g/mol. The van der Waals surface area contributed by atoms with Gasteiger partial charge in [0.1, 0.15) is 11.6 Å². The van der Waals surface area contributed by atoms with Crippen molar-refractivity contribution in [3.63, 3.8) is 0 Å². The number of benzene rings is 1. The molecule has 3 nitrogen and oxygen atoms in total. The molecule has 92 valence electrons. The second kappa shape index (κ2) is 5.50. The summed E-state index contributed by atoms with van der Waals surface area (Å²) in [7, 11) is 0. The maximum Gasteiger partial charge on any atom is 0.264 e. The minimum absolute atomic E-state index is 0.143. The van der Waals surface area contributed by atoms with Crippen LogP contribution in [-0.2, 0) is 4.79 Å². The number of amides is 1. The molecular formula is C15H16N2O. The molecule has 0 N–H and O–H groups in total. The summed E-state index contributed by atoms with van der Waals surface area (Å²) in [4.78, 5) is 13.8. The van der Waals surface area contributed by atoms with Crippen LogP contribution in [0.25, 0.3) is 6.08 Å². The highest BCUT2D eigenvalue weighted by Gasteiger charge is 2.21. The third kappa shape index (κ3) is 2.78. The molecule has 0 radical (unpaired) electrons. The largest absolute Gasteiger partial charge is 0.338 e. The Bertz CT molecular complexity index is 502. The normalized spacial score (nSPS) is 15.6. The molecule has 0 aromatic heterocycles. The molecule has 0 unspecified atom stereocenters. The lowest BCUT2D eigenvalue weighted by Gasteiger charge is -2.14. The third-order valence-corrected chi connectivity index (χ3v) is 3.13. The first-order valence-corrected chi connectivity index (χ1v) is 6.18. The van der Waals surface area contributed by atoms with E-state index in [4.69, 9.17) is 5.26 Å². The summed E-state index contributed by atoms with van der Waals surface area (Å²) in [5.41, 5.74) is 2.28. The Balaban J connectivity index is 2.20. The van der Waals surface area contributed by atoms with Crippen molar-refractivity contribution in [3.05, 3.63) is 41.0 Å². The van der Waals surface area contributed by atoms with Gasteiger partial charge in [-0.05, 0) is 31.4 Å². The van der Waals surface area contributed by atoms with Gasteiger partial charge in [-0.2, -0.15) is 5.26 Å². The van der Waals surface area contributed by atoms with Gasteiger partial charge in [-0.3, -0.25) is 4.79 Å². The van der Waals surface area contributed by atoms with E-state index in [-0.39, 0.29) is 11.5 Å². The number of carbonyl (C=O) groups is 1. The van der Waals surface area contributed by atoms with E-state index < -0.39 is 0 Å². The van der Waals surface area contributed by atoms with Crippen molar-refractivity contribution in [3.8, 4) is 6.07 Å². The first-order chi connectivity index (χ1) is 8.70. The molecule has 0 saturated carbocycles. The minimum atomic E-state index is -0.143. The number of nitrogens with zero attached hydrogens (tertiary/aromatic N) is 2. The molecule has 1 amide bonds. The average Bonchev–Trinajstić information content (AvgIpc) is 2.91. The van der Waals surface area contributed by atoms with E-state index in [0.717, 1.165) is 37.1 Å². The lowest BCUT2D eigenvalue weighted by molar-refractivity contribution is -0.125. The summed E-state index contributed by atoms with van der Waals surface area (Å²) in [5, 5.41) is 9.11. The van der Waals surface area contributed by atoms with Crippen LogP contribution in [0.3, 0.4) is 0 Å². The molecule has 18 heavy (non-hydrogen) atoms. The number of rotatable bonds is 2. The summed E-state index contributed by atoms with van der Waals surface area (Å²) in [6, 6.07) is 9.80. The highest BCUT2D eigenvalue weighted by Crippen LogP contribution is 2.14. The quantitative estimate of drug-likeness (QED) is 0.589. The van der Waals surface area contributed by atoms with Crippen LogP contribution in [-0.4, -0.2) is 23.9 Å². The summed E-state index contributed by atoms with van der Waals surface area (Å²) in [5.74, 6) is -0.143. The molecule has 0 aliphatic carbocycles. The number of carbonyl (C=O) groups excluding carboxylic acids is 1. The zero-order chi connectivity index (χ0) is 13.0. The lowest BCUT2D eigenvalue weighted by atomic mass is 10.1. The van der Waals surface area contributed by atoms with Crippen LogP contribution in [0.4, 0.5) is 0 Å². The Morgan fingerprint density at radius 3 is 2.44 bits per heavy atom. The van der Waals surface area contributed by atoms with Gasteiger partial charge in [0.15, 0.2) is 0 Å². The fraction of sp³-hybridized carbons (Fsp3) is 0.333. The molecule has 0 bridgehead atoms. The molecule has 2 rings (SSSR count). The first-order valence-electron chi connectivity index (χ1n) is 6.18. The highest BCUT2D eigenvalue weighted by atomic mass is 16.2. The molecule has 0 spiro atoms. The van der Waals surface area contributed by atoms with E-state index in [2.05, 4.69) is 0 Å². The summed E-state index contributed by atoms with van der Waals surface area (Å²) in [6.45, 7) is 3.55. The van der Waals surface area contributed by atoms with Crippen LogP contribution in [0.1, 0.15) is 24.0 Å². The average molecular weight is 240 g/mol. The van der Waals surface area contributed by atoms with Gasteiger partial charge in [0, 0.05) is 13.1 Å². The molecule has 1 aromatic carbocycles. The van der Waals surface area contributed by atoms with E-state index in [1.165, 1.54) is 0 Å². The van der Waals surface area contributed by atoms with Gasteiger partial charge in [0.25, 0.3) is 5.91 Å².